The zero-order chi connectivity index (χ0) is 10.3. The zero-order valence-electron chi connectivity index (χ0n) is 9.56. The smallest absolute Gasteiger partial charge is 0.0471 e. The molecule has 80 valence electrons. The van der Waals surface area contributed by atoms with Gasteiger partial charge in [-0.3, -0.25) is 0 Å². The Morgan fingerprint density at radius 1 is 1.31 bits per heavy atom. The van der Waals surface area contributed by atoms with Crippen LogP contribution in [-0.4, -0.2) is 24.8 Å². The Kier molecular flexibility index (Phi) is 6.35. The monoisotopic (exact) mass is 187 g/mol. The van der Waals surface area contributed by atoms with E-state index in [1.807, 2.05) is 0 Å². The van der Waals surface area contributed by atoms with Crippen molar-refractivity contribution in [1.82, 2.24) is 5.32 Å². The van der Waals surface area contributed by atoms with E-state index in [4.69, 9.17) is 5.11 Å². The quantitative estimate of drug-likeness (QED) is 0.624. The van der Waals surface area contributed by atoms with Crippen molar-refractivity contribution < 1.29 is 5.11 Å². The Bertz CT molecular complexity index is 114. The third-order valence-electron chi connectivity index (χ3n) is 2.32. The highest BCUT2D eigenvalue weighted by Crippen LogP contribution is 2.16. The maximum absolute atomic E-state index is 8.95. The molecule has 0 rings (SSSR count). The van der Waals surface area contributed by atoms with Gasteiger partial charge in [0.05, 0.1) is 0 Å². The fourth-order valence-electron chi connectivity index (χ4n) is 1.11. The molecule has 1 atom stereocenters. The van der Waals surface area contributed by atoms with E-state index >= 15 is 0 Å². The van der Waals surface area contributed by atoms with Gasteiger partial charge in [0.1, 0.15) is 0 Å². The third-order valence-corrected chi connectivity index (χ3v) is 2.32. The molecular weight excluding hydrogens is 162 g/mol. The molecule has 0 saturated heterocycles. The van der Waals surface area contributed by atoms with Crippen LogP contribution in [0, 0.1) is 11.3 Å². The maximum Gasteiger partial charge on any atom is 0.0471 e. The van der Waals surface area contributed by atoms with Crippen molar-refractivity contribution in [3.05, 3.63) is 0 Å². The second-order valence-corrected chi connectivity index (χ2v) is 4.97. The van der Waals surface area contributed by atoms with Crippen LogP contribution >= 0.6 is 0 Å². The highest BCUT2D eigenvalue weighted by Gasteiger charge is 2.09. The van der Waals surface area contributed by atoms with Crippen molar-refractivity contribution in [2.45, 2.75) is 40.5 Å². The maximum atomic E-state index is 8.95. The summed E-state index contributed by atoms with van der Waals surface area (Å²) in [7, 11) is 0. The number of nitrogens with one attached hydrogen (secondary N) is 1. The van der Waals surface area contributed by atoms with Crippen molar-refractivity contribution in [2.75, 3.05) is 19.7 Å². The van der Waals surface area contributed by atoms with Crippen molar-refractivity contribution in [1.29, 1.82) is 0 Å². The number of hydrogen-bond donors (Lipinski definition) is 2. The molecule has 13 heavy (non-hydrogen) atoms. The molecule has 0 bridgehead atoms. The van der Waals surface area contributed by atoms with Gasteiger partial charge >= 0.3 is 0 Å². The van der Waals surface area contributed by atoms with Gasteiger partial charge < -0.3 is 10.4 Å². The fourth-order valence-corrected chi connectivity index (χ4v) is 1.11. The first kappa shape index (κ1) is 12.9. The van der Waals surface area contributed by atoms with Crippen LogP contribution in [0.5, 0.6) is 0 Å². The summed E-state index contributed by atoms with van der Waals surface area (Å²) < 4.78 is 0. The van der Waals surface area contributed by atoms with Crippen molar-refractivity contribution in [3.63, 3.8) is 0 Å². The van der Waals surface area contributed by atoms with Crippen LogP contribution in [0.2, 0.25) is 0 Å². The second-order valence-electron chi connectivity index (χ2n) is 4.97. The predicted octanol–water partition coefficient (Wildman–Crippen LogP) is 2.03. The lowest BCUT2D eigenvalue weighted by Gasteiger charge is -2.19. The largest absolute Gasteiger partial charge is 0.396 e. The lowest BCUT2D eigenvalue weighted by molar-refractivity contribution is 0.217. The highest BCUT2D eigenvalue weighted by atomic mass is 16.3. The van der Waals surface area contributed by atoms with E-state index in [-0.39, 0.29) is 0 Å². The first-order valence-corrected chi connectivity index (χ1v) is 5.31. The lowest BCUT2D eigenvalue weighted by atomic mass is 9.92. The molecule has 0 heterocycles. The van der Waals surface area contributed by atoms with E-state index in [9.17, 15) is 0 Å². The van der Waals surface area contributed by atoms with Crippen LogP contribution in [0.3, 0.4) is 0 Å². The molecule has 0 aromatic heterocycles. The minimum atomic E-state index is 0.305. The van der Waals surface area contributed by atoms with Crippen LogP contribution < -0.4 is 5.32 Å². The van der Waals surface area contributed by atoms with Gasteiger partial charge in [0.25, 0.3) is 0 Å². The van der Waals surface area contributed by atoms with Gasteiger partial charge in [0.2, 0.25) is 0 Å². The summed E-state index contributed by atoms with van der Waals surface area (Å²) in [5, 5.41) is 12.3. The van der Waals surface area contributed by atoms with Crippen LogP contribution in [0.1, 0.15) is 40.5 Å². The molecule has 1 unspecified atom stereocenters. The van der Waals surface area contributed by atoms with E-state index in [1.165, 1.54) is 6.42 Å². The first-order chi connectivity index (χ1) is 5.99. The molecule has 0 radical (unpaired) electrons. The molecule has 2 heteroatoms. The summed E-state index contributed by atoms with van der Waals surface area (Å²) in [5.74, 6) is 0.431. The van der Waals surface area contributed by atoms with Gasteiger partial charge in [-0.15, -0.1) is 0 Å². The standard InChI is InChI=1S/C11H25NO/c1-5-10(9-13)8-12-7-6-11(2,3)4/h10,12-13H,5-9H2,1-4H3. The molecule has 0 aliphatic carbocycles. The van der Waals surface area contributed by atoms with Gasteiger partial charge in [-0.25, -0.2) is 0 Å². The minimum absolute atomic E-state index is 0.305. The molecule has 0 fully saturated rings. The van der Waals surface area contributed by atoms with Crippen molar-refractivity contribution in [2.24, 2.45) is 11.3 Å². The molecule has 0 aromatic carbocycles. The van der Waals surface area contributed by atoms with Crippen molar-refractivity contribution >= 4 is 0 Å². The Balaban J connectivity index is 3.34. The Labute approximate surface area is 82.7 Å². The molecule has 0 aliphatic rings. The molecule has 2 nitrogen and oxygen atoms in total. The zero-order valence-corrected chi connectivity index (χ0v) is 9.56. The van der Waals surface area contributed by atoms with E-state index in [0.29, 0.717) is 17.9 Å². The molecular formula is C11H25NO. The van der Waals surface area contributed by atoms with Crippen molar-refractivity contribution in [3.8, 4) is 0 Å². The minimum Gasteiger partial charge on any atom is -0.396 e. The molecule has 0 aliphatic heterocycles. The lowest BCUT2D eigenvalue weighted by Crippen LogP contribution is -2.27. The van der Waals surface area contributed by atoms with E-state index < -0.39 is 0 Å². The van der Waals surface area contributed by atoms with Gasteiger partial charge in [-0.2, -0.15) is 0 Å². The number of aliphatic hydroxyl groups is 1. The van der Waals surface area contributed by atoms with Gasteiger partial charge in [0, 0.05) is 13.2 Å². The van der Waals surface area contributed by atoms with Gasteiger partial charge in [-0.1, -0.05) is 27.7 Å². The fraction of sp³-hybridized carbons (Fsp3) is 1.00. The second kappa shape index (κ2) is 6.39. The average Bonchev–Trinajstić information content (AvgIpc) is 2.03. The summed E-state index contributed by atoms with van der Waals surface area (Å²) in [6.07, 6.45) is 2.24. The topological polar surface area (TPSA) is 32.3 Å². The van der Waals surface area contributed by atoms with E-state index in [1.54, 1.807) is 0 Å². The highest BCUT2D eigenvalue weighted by molar-refractivity contribution is 4.65. The number of aliphatic hydroxyl groups excluding tert-OH is 1. The molecule has 0 saturated carbocycles. The summed E-state index contributed by atoms with van der Waals surface area (Å²) >= 11 is 0. The Morgan fingerprint density at radius 3 is 2.31 bits per heavy atom. The van der Waals surface area contributed by atoms with E-state index in [2.05, 4.69) is 33.0 Å². The summed E-state index contributed by atoms with van der Waals surface area (Å²) in [6, 6.07) is 0. The van der Waals surface area contributed by atoms with Crippen LogP contribution in [-0.2, 0) is 0 Å². The summed E-state index contributed by atoms with van der Waals surface area (Å²) in [4.78, 5) is 0. The van der Waals surface area contributed by atoms with Crippen LogP contribution in [0.15, 0.2) is 0 Å². The predicted molar refractivity (Wildman–Crippen MR) is 57.8 cm³/mol. The Hall–Kier alpha value is -0.0800. The van der Waals surface area contributed by atoms with E-state index in [0.717, 1.165) is 19.5 Å². The SMILES string of the molecule is CCC(CO)CNCCC(C)(C)C. The molecule has 0 amide bonds. The molecule has 0 spiro atoms. The Morgan fingerprint density at radius 2 is 1.92 bits per heavy atom. The third kappa shape index (κ3) is 8.26. The molecule has 0 aromatic rings. The molecule has 2 N–H and O–H groups in total. The number of hydrogen-bond acceptors (Lipinski definition) is 2. The first-order valence-electron chi connectivity index (χ1n) is 5.31. The summed E-state index contributed by atoms with van der Waals surface area (Å²) in [6.45, 7) is 11.2. The average molecular weight is 187 g/mol. The van der Waals surface area contributed by atoms with Crippen LogP contribution in [0.4, 0.5) is 0 Å². The summed E-state index contributed by atoms with van der Waals surface area (Å²) in [5.41, 5.74) is 0.411. The normalized spacial score (nSPS) is 14.5. The van der Waals surface area contributed by atoms with Crippen LogP contribution in [0.25, 0.3) is 0 Å². The van der Waals surface area contributed by atoms with Gasteiger partial charge in [0.15, 0.2) is 0 Å². The van der Waals surface area contributed by atoms with Gasteiger partial charge in [-0.05, 0) is 30.7 Å². The number of rotatable bonds is 6.